The largest absolute Gasteiger partial charge is 0.480 e. The van der Waals surface area contributed by atoms with Crippen LogP contribution in [0.4, 0.5) is 0 Å². The molecule has 1 aliphatic rings. The van der Waals surface area contributed by atoms with Crippen LogP contribution in [0.3, 0.4) is 0 Å². The summed E-state index contributed by atoms with van der Waals surface area (Å²) in [4.78, 5) is 38.9. The number of hydrogen-bond acceptors (Lipinski definition) is 4. The molecule has 2 rings (SSSR count). The van der Waals surface area contributed by atoms with Gasteiger partial charge in [0.2, 0.25) is 5.91 Å². The number of carboxylic acid groups (broad SMARTS) is 1. The molecule has 1 aliphatic heterocycles. The molecular formula is C20H27NO5. The van der Waals surface area contributed by atoms with E-state index in [4.69, 9.17) is 4.74 Å². The van der Waals surface area contributed by atoms with Gasteiger partial charge in [0.05, 0.1) is 19.1 Å². The molecule has 3 unspecified atom stereocenters. The Balaban J connectivity index is 2.60. The van der Waals surface area contributed by atoms with Gasteiger partial charge in [0, 0.05) is 6.42 Å². The van der Waals surface area contributed by atoms with E-state index in [0.29, 0.717) is 0 Å². The number of rotatable bonds is 5. The monoisotopic (exact) mass is 361 g/mol. The van der Waals surface area contributed by atoms with E-state index in [1.54, 1.807) is 0 Å². The third-order valence-corrected chi connectivity index (χ3v) is 5.04. The van der Waals surface area contributed by atoms with Crippen LogP contribution in [0, 0.1) is 18.8 Å². The summed E-state index contributed by atoms with van der Waals surface area (Å²) in [5, 5.41) is 9.86. The van der Waals surface area contributed by atoms with E-state index in [-0.39, 0.29) is 24.7 Å². The number of hydrogen-bond donors (Lipinski definition) is 1. The van der Waals surface area contributed by atoms with Crippen molar-refractivity contribution in [1.29, 1.82) is 0 Å². The van der Waals surface area contributed by atoms with Crippen molar-refractivity contribution in [3.05, 3.63) is 35.4 Å². The van der Waals surface area contributed by atoms with E-state index in [0.717, 1.165) is 11.1 Å². The van der Waals surface area contributed by atoms with E-state index in [1.807, 2.05) is 45.0 Å². The number of carbonyl (C=O) groups is 3. The molecule has 26 heavy (non-hydrogen) atoms. The van der Waals surface area contributed by atoms with Gasteiger partial charge in [-0.25, -0.2) is 4.79 Å². The molecule has 0 spiro atoms. The van der Waals surface area contributed by atoms with Crippen molar-refractivity contribution >= 4 is 17.8 Å². The van der Waals surface area contributed by atoms with Crippen molar-refractivity contribution in [3.63, 3.8) is 0 Å². The zero-order valence-electron chi connectivity index (χ0n) is 16.0. The maximum atomic E-state index is 13.0. The number of likely N-dealkylation sites (tertiary alicyclic amines) is 1. The molecular weight excluding hydrogens is 334 g/mol. The van der Waals surface area contributed by atoms with Gasteiger partial charge in [-0.05, 0) is 31.7 Å². The quantitative estimate of drug-likeness (QED) is 0.815. The molecule has 142 valence electrons. The van der Waals surface area contributed by atoms with E-state index >= 15 is 0 Å². The van der Waals surface area contributed by atoms with Gasteiger partial charge >= 0.3 is 11.9 Å². The highest BCUT2D eigenvalue weighted by molar-refractivity contribution is 5.90. The predicted molar refractivity (Wildman–Crippen MR) is 96.4 cm³/mol. The second kappa shape index (κ2) is 7.48. The Hall–Kier alpha value is -2.37. The molecule has 0 aromatic heterocycles. The van der Waals surface area contributed by atoms with Crippen molar-refractivity contribution in [2.24, 2.45) is 11.8 Å². The lowest BCUT2D eigenvalue weighted by molar-refractivity contribution is -0.157. The summed E-state index contributed by atoms with van der Waals surface area (Å²) in [5.41, 5.74) is 0.330. The summed E-state index contributed by atoms with van der Waals surface area (Å²) in [7, 11) is 1.28. The van der Waals surface area contributed by atoms with Gasteiger partial charge in [-0.15, -0.1) is 0 Å². The summed E-state index contributed by atoms with van der Waals surface area (Å²) in [6, 6.07) is 6.82. The minimum Gasteiger partial charge on any atom is -0.480 e. The van der Waals surface area contributed by atoms with E-state index in [2.05, 4.69) is 0 Å². The summed E-state index contributed by atoms with van der Waals surface area (Å²) in [6.45, 7) is 7.27. The van der Waals surface area contributed by atoms with Crippen LogP contribution in [-0.4, -0.2) is 40.5 Å². The number of carboxylic acids is 1. The van der Waals surface area contributed by atoms with Gasteiger partial charge < -0.3 is 14.7 Å². The Morgan fingerprint density at radius 3 is 2.31 bits per heavy atom. The van der Waals surface area contributed by atoms with Crippen LogP contribution < -0.4 is 0 Å². The standard InChI is InChI=1S/C20H27NO5/c1-12(2)10-16(22)21-17(14-8-6-13(3)7-9-14)15(18(23)26-5)11-20(21,4)19(24)25/h6-9,12,15,17H,10-11H2,1-5H3,(H,24,25). The van der Waals surface area contributed by atoms with Crippen LogP contribution in [0.1, 0.15) is 50.8 Å². The Kier molecular flexibility index (Phi) is 5.74. The summed E-state index contributed by atoms with van der Waals surface area (Å²) in [5.74, 6) is -2.51. The lowest BCUT2D eigenvalue weighted by atomic mass is 9.90. The van der Waals surface area contributed by atoms with E-state index < -0.39 is 29.4 Å². The molecule has 1 aromatic rings. The molecule has 1 amide bonds. The first kappa shape index (κ1) is 19.9. The third-order valence-electron chi connectivity index (χ3n) is 5.04. The number of amides is 1. The number of esters is 1. The van der Waals surface area contributed by atoms with Gasteiger partial charge in [-0.2, -0.15) is 0 Å². The highest BCUT2D eigenvalue weighted by atomic mass is 16.5. The maximum absolute atomic E-state index is 13.0. The molecule has 6 heteroatoms. The fraction of sp³-hybridized carbons (Fsp3) is 0.550. The smallest absolute Gasteiger partial charge is 0.329 e. The molecule has 1 N–H and O–H groups in total. The predicted octanol–water partition coefficient (Wildman–Crippen LogP) is 2.95. The topological polar surface area (TPSA) is 83.9 Å². The molecule has 1 saturated heterocycles. The molecule has 1 aromatic carbocycles. The molecule has 6 nitrogen and oxygen atoms in total. The molecule has 0 bridgehead atoms. The van der Waals surface area contributed by atoms with Crippen molar-refractivity contribution in [3.8, 4) is 0 Å². The number of aryl methyl sites for hydroxylation is 1. The summed E-state index contributed by atoms with van der Waals surface area (Å²) < 4.78 is 4.92. The van der Waals surface area contributed by atoms with Gasteiger partial charge in [0.25, 0.3) is 0 Å². The number of ether oxygens (including phenoxy) is 1. The lowest BCUT2D eigenvalue weighted by Gasteiger charge is -2.36. The average molecular weight is 361 g/mol. The number of methoxy groups -OCH3 is 1. The van der Waals surface area contributed by atoms with Crippen LogP contribution in [-0.2, 0) is 19.1 Å². The Bertz CT molecular complexity index is 697. The first-order valence-corrected chi connectivity index (χ1v) is 8.81. The summed E-state index contributed by atoms with van der Waals surface area (Å²) in [6.07, 6.45) is 0.247. The van der Waals surface area contributed by atoms with Crippen LogP contribution in [0.2, 0.25) is 0 Å². The van der Waals surface area contributed by atoms with Gasteiger partial charge in [-0.1, -0.05) is 43.7 Å². The number of nitrogens with zero attached hydrogens (tertiary/aromatic N) is 1. The van der Waals surface area contributed by atoms with Crippen LogP contribution in [0.5, 0.6) is 0 Å². The first-order chi connectivity index (χ1) is 12.1. The Morgan fingerprint density at radius 1 is 1.27 bits per heavy atom. The zero-order valence-corrected chi connectivity index (χ0v) is 16.0. The minimum absolute atomic E-state index is 0.0252. The SMILES string of the molecule is COC(=O)C1CC(C)(C(=O)O)N(C(=O)CC(C)C)C1c1ccc(C)cc1. The Labute approximate surface area is 154 Å². The molecule has 0 radical (unpaired) electrons. The van der Waals surface area contributed by atoms with Crippen molar-refractivity contribution in [2.45, 2.75) is 52.1 Å². The number of carbonyl (C=O) groups excluding carboxylic acids is 2. The zero-order chi connectivity index (χ0) is 19.6. The van der Waals surface area contributed by atoms with Crippen LogP contribution >= 0.6 is 0 Å². The second-order valence-electron chi connectivity index (χ2n) is 7.63. The molecule has 1 heterocycles. The average Bonchev–Trinajstić information content (AvgIpc) is 2.89. The van der Waals surface area contributed by atoms with Crippen molar-refractivity contribution in [1.82, 2.24) is 4.90 Å². The van der Waals surface area contributed by atoms with Crippen LogP contribution in [0.15, 0.2) is 24.3 Å². The van der Waals surface area contributed by atoms with Crippen molar-refractivity contribution < 1.29 is 24.2 Å². The Morgan fingerprint density at radius 2 is 1.85 bits per heavy atom. The second-order valence-corrected chi connectivity index (χ2v) is 7.63. The lowest BCUT2D eigenvalue weighted by Crippen LogP contribution is -2.51. The fourth-order valence-corrected chi connectivity index (χ4v) is 3.70. The molecule has 3 atom stereocenters. The van der Waals surface area contributed by atoms with Crippen molar-refractivity contribution in [2.75, 3.05) is 7.11 Å². The van der Waals surface area contributed by atoms with Gasteiger partial charge in [0.1, 0.15) is 5.54 Å². The summed E-state index contributed by atoms with van der Waals surface area (Å²) >= 11 is 0. The molecule has 1 fully saturated rings. The van der Waals surface area contributed by atoms with Gasteiger partial charge in [0.15, 0.2) is 0 Å². The molecule has 0 saturated carbocycles. The minimum atomic E-state index is -1.46. The highest BCUT2D eigenvalue weighted by Gasteiger charge is 2.58. The number of aliphatic carboxylic acids is 1. The van der Waals surface area contributed by atoms with E-state index in [1.165, 1.54) is 18.9 Å². The molecule has 0 aliphatic carbocycles. The van der Waals surface area contributed by atoms with Gasteiger partial charge in [-0.3, -0.25) is 9.59 Å². The number of benzene rings is 1. The highest BCUT2D eigenvalue weighted by Crippen LogP contribution is 2.48. The maximum Gasteiger partial charge on any atom is 0.329 e. The first-order valence-electron chi connectivity index (χ1n) is 8.81. The van der Waals surface area contributed by atoms with Crippen LogP contribution in [0.25, 0.3) is 0 Å². The normalized spacial score (nSPS) is 25.4. The van der Waals surface area contributed by atoms with E-state index in [9.17, 15) is 19.5 Å². The fourth-order valence-electron chi connectivity index (χ4n) is 3.70. The third kappa shape index (κ3) is 3.59.